The zero-order valence-electron chi connectivity index (χ0n) is 14.8. The molecule has 142 valence electrons. The lowest BCUT2D eigenvalue weighted by Crippen LogP contribution is -2.50. The smallest absolute Gasteiger partial charge is 0.291 e. The van der Waals surface area contributed by atoms with Gasteiger partial charge in [-0.15, -0.1) is 0 Å². The zero-order valence-corrected chi connectivity index (χ0v) is 15.6. The van der Waals surface area contributed by atoms with Crippen molar-refractivity contribution in [3.05, 3.63) is 23.2 Å². The minimum Gasteiger partial charge on any atom is -0.381 e. The van der Waals surface area contributed by atoms with Crippen LogP contribution in [0.2, 0.25) is 5.02 Å². The number of rotatable bonds is 2. The number of fused-ring (bicyclic) bond motifs is 1. The Balaban J connectivity index is 1.38. The molecule has 26 heavy (non-hydrogen) atoms. The number of nitrogens with zero attached hydrogens (tertiary/aromatic N) is 4. The van der Waals surface area contributed by atoms with Gasteiger partial charge in [0.2, 0.25) is 5.82 Å². The molecule has 3 fully saturated rings. The quantitative estimate of drug-likeness (QED) is 0.774. The molecule has 4 heterocycles. The van der Waals surface area contributed by atoms with Crippen LogP contribution < -0.4 is 0 Å². The van der Waals surface area contributed by atoms with Gasteiger partial charge in [0.25, 0.3) is 5.91 Å². The summed E-state index contributed by atoms with van der Waals surface area (Å²) in [7, 11) is 0. The Kier molecular flexibility index (Phi) is 5.69. The van der Waals surface area contributed by atoms with E-state index in [0.717, 1.165) is 58.7 Å². The molecule has 0 aromatic carbocycles. The van der Waals surface area contributed by atoms with Gasteiger partial charge in [-0.05, 0) is 19.3 Å². The van der Waals surface area contributed by atoms with Crippen LogP contribution in [-0.4, -0.2) is 83.8 Å². The first-order chi connectivity index (χ1) is 12.7. The van der Waals surface area contributed by atoms with E-state index in [9.17, 15) is 4.79 Å². The lowest BCUT2D eigenvalue weighted by Gasteiger charge is -2.39. The summed E-state index contributed by atoms with van der Waals surface area (Å²) in [4.78, 5) is 25.2. The van der Waals surface area contributed by atoms with Crippen LogP contribution in [0.4, 0.5) is 0 Å². The fourth-order valence-electron chi connectivity index (χ4n) is 4.21. The Hall–Kier alpha value is -1.28. The van der Waals surface area contributed by atoms with E-state index in [1.54, 1.807) is 0 Å². The van der Waals surface area contributed by atoms with E-state index in [1.165, 1.54) is 12.4 Å². The van der Waals surface area contributed by atoms with E-state index in [2.05, 4.69) is 14.9 Å². The van der Waals surface area contributed by atoms with E-state index in [1.807, 2.05) is 4.90 Å². The fourth-order valence-corrected chi connectivity index (χ4v) is 4.30. The fraction of sp³-hybridized carbons (Fsp3) is 0.722. The third-order valence-corrected chi connectivity index (χ3v) is 5.88. The van der Waals surface area contributed by atoms with Crippen molar-refractivity contribution in [2.45, 2.75) is 31.4 Å². The minimum atomic E-state index is -0.144. The SMILES string of the molecule is O=C(c1ncc(Cl)cn1)N1CCC2CN(C3CCOCC3)CCOC2C1. The zero-order chi connectivity index (χ0) is 17.9. The van der Waals surface area contributed by atoms with Crippen molar-refractivity contribution < 1.29 is 14.3 Å². The lowest BCUT2D eigenvalue weighted by atomic mass is 9.92. The van der Waals surface area contributed by atoms with Gasteiger partial charge in [0.05, 0.1) is 17.7 Å². The maximum atomic E-state index is 12.7. The van der Waals surface area contributed by atoms with Gasteiger partial charge in [0.1, 0.15) is 0 Å². The maximum Gasteiger partial charge on any atom is 0.291 e. The average molecular weight is 381 g/mol. The number of hydrogen-bond donors (Lipinski definition) is 0. The first-order valence-electron chi connectivity index (χ1n) is 9.41. The largest absolute Gasteiger partial charge is 0.381 e. The predicted octanol–water partition coefficient (Wildman–Crippen LogP) is 1.47. The summed E-state index contributed by atoms with van der Waals surface area (Å²) in [5.74, 6) is 0.523. The molecule has 0 bridgehead atoms. The monoisotopic (exact) mass is 380 g/mol. The number of carbonyl (C=O) groups is 1. The average Bonchev–Trinajstić information content (AvgIpc) is 2.90. The number of carbonyl (C=O) groups excluding carboxylic acids is 1. The Labute approximate surface area is 158 Å². The van der Waals surface area contributed by atoms with Crippen molar-refractivity contribution >= 4 is 17.5 Å². The first kappa shape index (κ1) is 18.1. The summed E-state index contributed by atoms with van der Waals surface area (Å²) in [5.41, 5.74) is 0. The van der Waals surface area contributed by atoms with Crippen LogP contribution in [0.3, 0.4) is 0 Å². The minimum absolute atomic E-state index is 0.0878. The Morgan fingerprint density at radius 1 is 1.08 bits per heavy atom. The number of amides is 1. The van der Waals surface area contributed by atoms with Crippen molar-refractivity contribution in [1.29, 1.82) is 0 Å². The molecule has 3 aliphatic heterocycles. The molecule has 0 aliphatic carbocycles. The summed E-state index contributed by atoms with van der Waals surface area (Å²) < 4.78 is 11.6. The van der Waals surface area contributed by atoms with Crippen LogP contribution in [0.5, 0.6) is 0 Å². The molecule has 0 saturated carbocycles. The van der Waals surface area contributed by atoms with Gasteiger partial charge >= 0.3 is 0 Å². The lowest BCUT2D eigenvalue weighted by molar-refractivity contribution is -0.0177. The molecule has 7 nitrogen and oxygen atoms in total. The molecule has 3 saturated heterocycles. The van der Waals surface area contributed by atoms with Crippen LogP contribution in [0, 0.1) is 5.92 Å². The van der Waals surface area contributed by atoms with E-state index < -0.39 is 0 Å². The van der Waals surface area contributed by atoms with Crippen LogP contribution in [-0.2, 0) is 9.47 Å². The third kappa shape index (κ3) is 4.01. The maximum absolute atomic E-state index is 12.7. The summed E-state index contributed by atoms with van der Waals surface area (Å²) in [5, 5.41) is 0.431. The van der Waals surface area contributed by atoms with E-state index in [-0.39, 0.29) is 17.8 Å². The molecule has 3 aliphatic rings. The molecule has 1 aromatic heterocycles. The van der Waals surface area contributed by atoms with Crippen molar-refractivity contribution in [3.8, 4) is 0 Å². The highest BCUT2D eigenvalue weighted by Crippen LogP contribution is 2.27. The Bertz CT molecular complexity index is 623. The molecule has 4 rings (SSSR count). The highest BCUT2D eigenvalue weighted by Gasteiger charge is 2.37. The number of ether oxygens (including phenoxy) is 2. The molecular formula is C18H25ClN4O3. The van der Waals surface area contributed by atoms with Gasteiger partial charge in [-0.1, -0.05) is 11.6 Å². The van der Waals surface area contributed by atoms with Gasteiger partial charge in [0.15, 0.2) is 0 Å². The van der Waals surface area contributed by atoms with Crippen molar-refractivity contribution in [1.82, 2.24) is 19.8 Å². The summed E-state index contributed by atoms with van der Waals surface area (Å²) in [6, 6.07) is 0.605. The van der Waals surface area contributed by atoms with E-state index >= 15 is 0 Å². The molecule has 0 N–H and O–H groups in total. The van der Waals surface area contributed by atoms with Gasteiger partial charge in [-0.2, -0.15) is 0 Å². The Morgan fingerprint density at radius 2 is 1.85 bits per heavy atom. The van der Waals surface area contributed by atoms with Crippen LogP contribution in [0.25, 0.3) is 0 Å². The van der Waals surface area contributed by atoms with Crippen molar-refractivity contribution in [2.75, 3.05) is 46.0 Å². The number of likely N-dealkylation sites (tertiary alicyclic amines) is 1. The van der Waals surface area contributed by atoms with Gasteiger partial charge in [-0.3, -0.25) is 9.69 Å². The molecule has 1 amide bonds. The normalized spacial score (nSPS) is 28.4. The standard InChI is InChI=1S/C18H25ClN4O3/c19-14-9-20-17(21-10-14)18(24)23-4-1-13-11-22(5-8-26-16(13)12-23)15-2-6-25-7-3-15/h9-10,13,15-16H,1-8,11-12H2. The van der Waals surface area contributed by atoms with Crippen LogP contribution >= 0.6 is 11.6 Å². The van der Waals surface area contributed by atoms with Gasteiger partial charge in [-0.25, -0.2) is 9.97 Å². The van der Waals surface area contributed by atoms with Crippen molar-refractivity contribution in [2.24, 2.45) is 5.92 Å². The number of piperidine rings is 1. The summed E-state index contributed by atoms with van der Waals surface area (Å²) in [6.45, 7) is 5.78. The number of hydrogen-bond acceptors (Lipinski definition) is 6. The predicted molar refractivity (Wildman–Crippen MR) is 96.2 cm³/mol. The van der Waals surface area contributed by atoms with Crippen molar-refractivity contribution in [3.63, 3.8) is 0 Å². The molecule has 2 unspecified atom stereocenters. The molecule has 0 radical (unpaired) electrons. The van der Waals surface area contributed by atoms with Gasteiger partial charge in [0, 0.05) is 63.7 Å². The second-order valence-electron chi connectivity index (χ2n) is 7.27. The van der Waals surface area contributed by atoms with E-state index in [0.29, 0.717) is 23.5 Å². The van der Waals surface area contributed by atoms with Crippen LogP contribution in [0.1, 0.15) is 29.9 Å². The van der Waals surface area contributed by atoms with E-state index in [4.69, 9.17) is 21.1 Å². The number of aromatic nitrogens is 2. The topological polar surface area (TPSA) is 67.8 Å². The second-order valence-corrected chi connectivity index (χ2v) is 7.71. The second kappa shape index (κ2) is 8.17. The highest BCUT2D eigenvalue weighted by atomic mass is 35.5. The molecule has 2 atom stereocenters. The molecular weight excluding hydrogens is 356 g/mol. The first-order valence-corrected chi connectivity index (χ1v) is 9.79. The summed E-state index contributed by atoms with van der Waals surface area (Å²) >= 11 is 5.81. The molecule has 8 heteroatoms. The third-order valence-electron chi connectivity index (χ3n) is 5.68. The Morgan fingerprint density at radius 3 is 2.62 bits per heavy atom. The highest BCUT2D eigenvalue weighted by molar-refractivity contribution is 6.30. The van der Waals surface area contributed by atoms with Gasteiger partial charge < -0.3 is 14.4 Å². The summed E-state index contributed by atoms with van der Waals surface area (Å²) in [6.07, 6.45) is 6.17. The molecule has 1 aromatic rings. The van der Waals surface area contributed by atoms with Crippen LogP contribution in [0.15, 0.2) is 12.4 Å². The molecule has 0 spiro atoms. The number of halogens is 1.